The molecule has 0 aromatic heterocycles. The summed E-state index contributed by atoms with van der Waals surface area (Å²) < 4.78 is 4.93. The molecule has 0 aliphatic heterocycles. The number of aromatic hydroxyl groups is 1. The molecule has 0 heterocycles. The zero-order chi connectivity index (χ0) is 13.0. The first kappa shape index (κ1) is 12.9. The van der Waals surface area contributed by atoms with Crippen molar-refractivity contribution in [3.8, 4) is 5.75 Å². The molecule has 1 amide bonds. The molecule has 4 heteroatoms. The molecule has 2 unspecified atom stereocenters. The van der Waals surface area contributed by atoms with Crippen LogP contribution in [0.2, 0.25) is 0 Å². The number of carbonyl (C=O) groups is 1. The normalized spacial score (nSPS) is 21.6. The fourth-order valence-corrected chi connectivity index (χ4v) is 2.13. The Morgan fingerprint density at radius 3 is 2.83 bits per heavy atom. The SMILES string of the molecule is COCCCNC(=O)C1CC1c1ccc(O)cc1. The number of carbonyl (C=O) groups excluding carboxylic acids is 1. The van der Waals surface area contributed by atoms with Gasteiger partial charge in [0, 0.05) is 26.2 Å². The Kier molecular flexibility index (Phi) is 4.20. The fourth-order valence-electron chi connectivity index (χ4n) is 2.13. The Labute approximate surface area is 107 Å². The first-order chi connectivity index (χ1) is 8.72. The molecule has 2 atom stereocenters. The topological polar surface area (TPSA) is 58.6 Å². The maximum Gasteiger partial charge on any atom is 0.223 e. The second kappa shape index (κ2) is 5.87. The van der Waals surface area contributed by atoms with Crippen molar-refractivity contribution in [1.29, 1.82) is 0 Å². The summed E-state index contributed by atoms with van der Waals surface area (Å²) >= 11 is 0. The van der Waals surface area contributed by atoms with Crippen molar-refractivity contribution < 1.29 is 14.6 Å². The summed E-state index contributed by atoms with van der Waals surface area (Å²) in [5, 5.41) is 12.1. The molecule has 1 aromatic rings. The first-order valence-electron chi connectivity index (χ1n) is 6.28. The number of benzene rings is 1. The molecule has 18 heavy (non-hydrogen) atoms. The number of phenols is 1. The number of ether oxygens (including phenoxy) is 1. The van der Waals surface area contributed by atoms with Crippen LogP contribution in [0.5, 0.6) is 5.75 Å². The summed E-state index contributed by atoms with van der Waals surface area (Å²) in [6.07, 6.45) is 1.75. The molecule has 1 fully saturated rings. The molecule has 1 aliphatic carbocycles. The molecule has 4 nitrogen and oxygen atoms in total. The zero-order valence-corrected chi connectivity index (χ0v) is 10.6. The van der Waals surface area contributed by atoms with Crippen LogP contribution >= 0.6 is 0 Å². The van der Waals surface area contributed by atoms with E-state index in [1.54, 1.807) is 19.2 Å². The fraction of sp³-hybridized carbons (Fsp3) is 0.500. The summed E-state index contributed by atoms with van der Waals surface area (Å²) in [4.78, 5) is 11.8. The Morgan fingerprint density at radius 1 is 1.44 bits per heavy atom. The van der Waals surface area contributed by atoms with Gasteiger partial charge in [-0.3, -0.25) is 4.79 Å². The molecular weight excluding hydrogens is 230 g/mol. The van der Waals surface area contributed by atoms with Gasteiger partial charge >= 0.3 is 0 Å². The predicted octanol–water partition coefficient (Wildman–Crippen LogP) is 1.65. The van der Waals surface area contributed by atoms with E-state index in [0.717, 1.165) is 18.4 Å². The lowest BCUT2D eigenvalue weighted by molar-refractivity contribution is -0.122. The van der Waals surface area contributed by atoms with E-state index >= 15 is 0 Å². The highest BCUT2D eigenvalue weighted by Gasteiger charge is 2.43. The minimum absolute atomic E-state index is 0.0945. The van der Waals surface area contributed by atoms with E-state index in [1.165, 1.54) is 0 Å². The van der Waals surface area contributed by atoms with Crippen LogP contribution in [-0.2, 0) is 9.53 Å². The third kappa shape index (κ3) is 3.23. The van der Waals surface area contributed by atoms with Crippen LogP contribution in [0.3, 0.4) is 0 Å². The maximum absolute atomic E-state index is 11.8. The number of phenolic OH excluding ortho intramolecular Hbond substituents is 1. The lowest BCUT2D eigenvalue weighted by Gasteiger charge is -2.04. The predicted molar refractivity (Wildman–Crippen MR) is 68.5 cm³/mol. The van der Waals surface area contributed by atoms with Gasteiger partial charge in [-0.25, -0.2) is 0 Å². The lowest BCUT2D eigenvalue weighted by Crippen LogP contribution is -2.27. The van der Waals surface area contributed by atoms with Crippen molar-refractivity contribution in [3.63, 3.8) is 0 Å². The molecule has 0 bridgehead atoms. The van der Waals surface area contributed by atoms with Crippen LogP contribution in [0.25, 0.3) is 0 Å². The van der Waals surface area contributed by atoms with Crippen molar-refractivity contribution in [1.82, 2.24) is 5.32 Å². The molecule has 0 radical (unpaired) electrons. The van der Waals surface area contributed by atoms with Crippen LogP contribution in [-0.4, -0.2) is 31.3 Å². The second-order valence-electron chi connectivity index (χ2n) is 4.68. The Bertz CT molecular complexity index is 402. The van der Waals surface area contributed by atoms with Gasteiger partial charge in [0.1, 0.15) is 5.75 Å². The van der Waals surface area contributed by atoms with Crippen molar-refractivity contribution in [3.05, 3.63) is 29.8 Å². The highest BCUT2D eigenvalue weighted by Crippen LogP contribution is 2.47. The van der Waals surface area contributed by atoms with Crippen molar-refractivity contribution in [2.75, 3.05) is 20.3 Å². The van der Waals surface area contributed by atoms with E-state index in [-0.39, 0.29) is 17.6 Å². The number of methoxy groups -OCH3 is 1. The van der Waals surface area contributed by atoms with Crippen LogP contribution in [0.4, 0.5) is 0 Å². The molecule has 1 aromatic carbocycles. The first-order valence-corrected chi connectivity index (χ1v) is 6.28. The minimum atomic E-state index is 0.0945. The van der Waals surface area contributed by atoms with Crippen LogP contribution in [0.15, 0.2) is 24.3 Å². The van der Waals surface area contributed by atoms with Gasteiger partial charge in [0.15, 0.2) is 0 Å². The molecule has 0 saturated heterocycles. The number of nitrogens with one attached hydrogen (secondary N) is 1. The average molecular weight is 249 g/mol. The molecule has 2 rings (SSSR count). The van der Waals surface area contributed by atoms with E-state index in [2.05, 4.69) is 5.32 Å². The smallest absolute Gasteiger partial charge is 0.223 e. The molecule has 0 spiro atoms. The molecule has 2 N–H and O–H groups in total. The Hall–Kier alpha value is -1.55. The van der Waals surface area contributed by atoms with Gasteiger partial charge in [-0.15, -0.1) is 0 Å². The van der Waals surface area contributed by atoms with Gasteiger partial charge in [-0.1, -0.05) is 12.1 Å². The number of amides is 1. The standard InChI is InChI=1S/C14H19NO3/c1-18-8-2-7-15-14(17)13-9-12(13)10-3-5-11(16)6-4-10/h3-6,12-13,16H,2,7-9H2,1H3,(H,15,17). The summed E-state index contributed by atoms with van der Waals surface area (Å²) in [6.45, 7) is 1.35. The highest BCUT2D eigenvalue weighted by atomic mass is 16.5. The van der Waals surface area contributed by atoms with Crippen molar-refractivity contribution >= 4 is 5.91 Å². The van der Waals surface area contributed by atoms with Crippen molar-refractivity contribution in [2.45, 2.75) is 18.8 Å². The van der Waals surface area contributed by atoms with Crippen LogP contribution < -0.4 is 5.32 Å². The average Bonchev–Trinajstić information content (AvgIpc) is 3.15. The molecule has 98 valence electrons. The van der Waals surface area contributed by atoms with E-state index < -0.39 is 0 Å². The van der Waals surface area contributed by atoms with E-state index in [0.29, 0.717) is 19.1 Å². The van der Waals surface area contributed by atoms with Crippen LogP contribution in [0, 0.1) is 5.92 Å². The highest BCUT2D eigenvalue weighted by molar-refractivity contribution is 5.82. The summed E-state index contributed by atoms with van der Waals surface area (Å²) in [7, 11) is 1.66. The third-order valence-corrected chi connectivity index (χ3v) is 3.27. The summed E-state index contributed by atoms with van der Waals surface area (Å²) in [6, 6.07) is 7.11. The van der Waals surface area contributed by atoms with Gasteiger partial charge in [0.25, 0.3) is 0 Å². The van der Waals surface area contributed by atoms with Gasteiger partial charge in [-0.05, 0) is 36.5 Å². The summed E-state index contributed by atoms with van der Waals surface area (Å²) in [5.41, 5.74) is 1.13. The van der Waals surface area contributed by atoms with Gasteiger partial charge < -0.3 is 15.2 Å². The van der Waals surface area contributed by atoms with E-state index in [4.69, 9.17) is 4.74 Å². The number of rotatable bonds is 6. The van der Waals surface area contributed by atoms with Crippen molar-refractivity contribution in [2.24, 2.45) is 5.92 Å². The van der Waals surface area contributed by atoms with E-state index in [1.807, 2.05) is 12.1 Å². The summed E-state index contributed by atoms with van der Waals surface area (Å²) in [5.74, 6) is 0.800. The van der Waals surface area contributed by atoms with Gasteiger partial charge in [-0.2, -0.15) is 0 Å². The lowest BCUT2D eigenvalue weighted by atomic mass is 10.1. The number of hydrogen-bond donors (Lipinski definition) is 2. The van der Waals surface area contributed by atoms with Gasteiger partial charge in [0.2, 0.25) is 5.91 Å². The quantitative estimate of drug-likeness (QED) is 0.754. The largest absolute Gasteiger partial charge is 0.508 e. The Morgan fingerprint density at radius 2 is 2.17 bits per heavy atom. The maximum atomic E-state index is 11.8. The van der Waals surface area contributed by atoms with Gasteiger partial charge in [0.05, 0.1) is 0 Å². The zero-order valence-electron chi connectivity index (χ0n) is 10.6. The van der Waals surface area contributed by atoms with Crippen LogP contribution in [0.1, 0.15) is 24.3 Å². The minimum Gasteiger partial charge on any atom is -0.508 e. The second-order valence-corrected chi connectivity index (χ2v) is 4.68. The van der Waals surface area contributed by atoms with E-state index in [9.17, 15) is 9.90 Å². The number of hydrogen-bond acceptors (Lipinski definition) is 3. The molecule has 1 saturated carbocycles. The molecular formula is C14H19NO3. The third-order valence-electron chi connectivity index (χ3n) is 3.27. The monoisotopic (exact) mass is 249 g/mol. The Balaban J connectivity index is 1.76. The molecule has 1 aliphatic rings.